The molecule has 2 aromatic rings. The Morgan fingerprint density at radius 2 is 2.20 bits per heavy atom. The van der Waals surface area contributed by atoms with Crippen LogP contribution in [0.2, 0.25) is 0 Å². The van der Waals surface area contributed by atoms with E-state index in [2.05, 4.69) is 27.6 Å². The summed E-state index contributed by atoms with van der Waals surface area (Å²) < 4.78 is 0. The van der Waals surface area contributed by atoms with Crippen molar-refractivity contribution in [3.8, 4) is 11.4 Å². The molecule has 0 atom stereocenters. The van der Waals surface area contributed by atoms with Crippen molar-refractivity contribution in [2.24, 2.45) is 0 Å². The van der Waals surface area contributed by atoms with Gasteiger partial charge >= 0.3 is 0 Å². The monoisotopic (exact) mass is 261 g/mol. The molecule has 0 saturated heterocycles. The Morgan fingerprint density at radius 3 is 2.87 bits per heavy atom. The Balaban J connectivity index is 0.00000112. The molecule has 2 rings (SSSR count). The first-order valence-corrected chi connectivity index (χ1v) is 6.26. The summed E-state index contributed by atoms with van der Waals surface area (Å²) in [6.45, 7) is 3.92. The fourth-order valence-electron chi connectivity index (χ4n) is 1.08. The lowest BCUT2D eigenvalue weighted by Gasteiger charge is -1.94. The van der Waals surface area contributed by atoms with E-state index in [0.29, 0.717) is 0 Å². The summed E-state index contributed by atoms with van der Waals surface area (Å²) >= 11 is 3.28. The first-order chi connectivity index (χ1) is 6.90. The third-order valence-electron chi connectivity index (χ3n) is 1.77. The normalized spacial score (nSPS) is 9.93. The van der Waals surface area contributed by atoms with E-state index in [0.717, 1.165) is 29.5 Å². The van der Waals surface area contributed by atoms with Crippen molar-refractivity contribution in [1.29, 1.82) is 0 Å². The average molecular weight is 262 g/mol. The van der Waals surface area contributed by atoms with Crippen LogP contribution in [0.15, 0.2) is 16.3 Å². The second kappa shape index (κ2) is 6.17. The van der Waals surface area contributed by atoms with Gasteiger partial charge in [-0.2, -0.15) is 0 Å². The van der Waals surface area contributed by atoms with Crippen LogP contribution in [0, 0.1) is 0 Å². The van der Waals surface area contributed by atoms with Gasteiger partial charge in [-0.3, -0.25) is 0 Å². The summed E-state index contributed by atoms with van der Waals surface area (Å²) in [4.78, 5) is 8.71. The zero-order chi connectivity index (χ0) is 9.80. The van der Waals surface area contributed by atoms with E-state index in [1.54, 1.807) is 22.7 Å². The van der Waals surface area contributed by atoms with Gasteiger partial charge in [0.05, 0.1) is 5.51 Å². The number of hydrogen-bond donors (Lipinski definition) is 1. The van der Waals surface area contributed by atoms with Crippen molar-refractivity contribution in [3.05, 3.63) is 21.3 Å². The lowest BCUT2D eigenvalue weighted by Crippen LogP contribution is -2.11. The maximum atomic E-state index is 4.49. The Bertz CT molecular complexity index is 386. The van der Waals surface area contributed by atoms with Crippen molar-refractivity contribution < 1.29 is 0 Å². The zero-order valence-corrected chi connectivity index (χ0v) is 10.7. The SMILES string of the molecule is CCNCc1nc(-c2cscn2)cs1.Cl. The molecule has 0 aliphatic carbocycles. The van der Waals surface area contributed by atoms with Gasteiger partial charge in [-0.1, -0.05) is 6.92 Å². The molecule has 2 aromatic heterocycles. The van der Waals surface area contributed by atoms with Gasteiger partial charge in [0, 0.05) is 17.3 Å². The second-order valence-electron chi connectivity index (χ2n) is 2.78. The summed E-state index contributed by atoms with van der Waals surface area (Å²) in [6, 6.07) is 0. The Labute approximate surface area is 103 Å². The number of hydrogen-bond acceptors (Lipinski definition) is 5. The largest absolute Gasteiger partial charge is 0.311 e. The number of halogens is 1. The minimum Gasteiger partial charge on any atom is -0.311 e. The van der Waals surface area contributed by atoms with E-state index in [9.17, 15) is 0 Å². The molecule has 82 valence electrons. The molecular formula is C9H12ClN3S2. The molecule has 0 spiro atoms. The highest BCUT2D eigenvalue weighted by molar-refractivity contribution is 7.10. The van der Waals surface area contributed by atoms with E-state index in [-0.39, 0.29) is 12.4 Å². The van der Waals surface area contributed by atoms with Gasteiger partial charge in [0.15, 0.2) is 0 Å². The maximum Gasteiger partial charge on any atom is 0.107 e. The third-order valence-corrected chi connectivity index (χ3v) is 3.21. The van der Waals surface area contributed by atoms with Crippen LogP contribution < -0.4 is 5.32 Å². The lowest BCUT2D eigenvalue weighted by molar-refractivity contribution is 0.723. The summed E-state index contributed by atoms with van der Waals surface area (Å²) in [6.07, 6.45) is 0. The summed E-state index contributed by atoms with van der Waals surface area (Å²) in [7, 11) is 0. The number of rotatable bonds is 4. The molecule has 0 saturated carbocycles. The quantitative estimate of drug-likeness (QED) is 0.920. The predicted molar refractivity (Wildman–Crippen MR) is 67.9 cm³/mol. The standard InChI is InChI=1S/C9H11N3S2.ClH/c1-2-10-3-9-12-8(5-14-9)7-4-13-6-11-7;/h4-6,10H,2-3H2,1H3;1H. The molecule has 0 radical (unpaired) electrons. The molecule has 2 heterocycles. The van der Waals surface area contributed by atoms with Crippen LogP contribution in [-0.2, 0) is 6.54 Å². The Hall–Kier alpha value is -0.490. The minimum absolute atomic E-state index is 0. The molecular weight excluding hydrogens is 250 g/mol. The summed E-state index contributed by atoms with van der Waals surface area (Å²) in [5.41, 5.74) is 3.80. The van der Waals surface area contributed by atoms with Crippen LogP contribution in [0.3, 0.4) is 0 Å². The van der Waals surface area contributed by atoms with Gasteiger partial charge in [0.2, 0.25) is 0 Å². The molecule has 0 aliphatic heterocycles. The highest BCUT2D eigenvalue weighted by atomic mass is 35.5. The molecule has 0 bridgehead atoms. The smallest absolute Gasteiger partial charge is 0.107 e. The molecule has 15 heavy (non-hydrogen) atoms. The Kier molecular flexibility index (Phi) is 5.17. The van der Waals surface area contributed by atoms with Crippen molar-refractivity contribution >= 4 is 35.1 Å². The van der Waals surface area contributed by atoms with Gasteiger partial charge in [0.1, 0.15) is 16.4 Å². The molecule has 0 aliphatic rings. The number of nitrogens with zero attached hydrogens (tertiary/aromatic N) is 2. The lowest BCUT2D eigenvalue weighted by atomic mass is 10.4. The molecule has 6 heteroatoms. The van der Waals surface area contributed by atoms with Gasteiger partial charge < -0.3 is 5.32 Å². The number of nitrogens with one attached hydrogen (secondary N) is 1. The first-order valence-electron chi connectivity index (χ1n) is 4.44. The van der Waals surface area contributed by atoms with Gasteiger partial charge in [-0.05, 0) is 6.54 Å². The molecule has 3 nitrogen and oxygen atoms in total. The number of aromatic nitrogens is 2. The Morgan fingerprint density at radius 1 is 1.33 bits per heavy atom. The van der Waals surface area contributed by atoms with Crippen molar-refractivity contribution in [3.63, 3.8) is 0 Å². The van der Waals surface area contributed by atoms with Crippen LogP contribution in [0.25, 0.3) is 11.4 Å². The number of thiazole rings is 2. The van der Waals surface area contributed by atoms with E-state index in [1.807, 2.05) is 10.9 Å². The van der Waals surface area contributed by atoms with Gasteiger partial charge in [0.25, 0.3) is 0 Å². The fraction of sp³-hybridized carbons (Fsp3) is 0.333. The van der Waals surface area contributed by atoms with E-state index in [1.165, 1.54) is 0 Å². The first kappa shape index (κ1) is 12.6. The van der Waals surface area contributed by atoms with Crippen LogP contribution in [0.1, 0.15) is 11.9 Å². The minimum atomic E-state index is 0. The highest BCUT2D eigenvalue weighted by Crippen LogP contribution is 2.21. The van der Waals surface area contributed by atoms with E-state index in [4.69, 9.17) is 0 Å². The van der Waals surface area contributed by atoms with Crippen molar-refractivity contribution in [1.82, 2.24) is 15.3 Å². The van der Waals surface area contributed by atoms with Gasteiger partial charge in [-0.25, -0.2) is 9.97 Å². The van der Waals surface area contributed by atoms with Crippen LogP contribution in [0.5, 0.6) is 0 Å². The topological polar surface area (TPSA) is 37.8 Å². The van der Waals surface area contributed by atoms with Crippen LogP contribution >= 0.6 is 35.1 Å². The summed E-state index contributed by atoms with van der Waals surface area (Å²) in [5, 5.41) is 8.45. The zero-order valence-electron chi connectivity index (χ0n) is 8.27. The molecule has 1 N–H and O–H groups in total. The van der Waals surface area contributed by atoms with Crippen molar-refractivity contribution in [2.75, 3.05) is 6.54 Å². The molecule has 0 unspecified atom stereocenters. The fourth-order valence-corrected chi connectivity index (χ4v) is 2.38. The van der Waals surface area contributed by atoms with Crippen LogP contribution in [0.4, 0.5) is 0 Å². The van der Waals surface area contributed by atoms with Gasteiger partial charge in [-0.15, -0.1) is 35.1 Å². The molecule has 0 fully saturated rings. The van der Waals surface area contributed by atoms with E-state index >= 15 is 0 Å². The summed E-state index contributed by atoms with van der Waals surface area (Å²) in [5.74, 6) is 0. The highest BCUT2D eigenvalue weighted by Gasteiger charge is 2.04. The van der Waals surface area contributed by atoms with Crippen molar-refractivity contribution in [2.45, 2.75) is 13.5 Å². The van der Waals surface area contributed by atoms with E-state index < -0.39 is 0 Å². The predicted octanol–water partition coefficient (Wildman–Crippen LogP) is 2.80. The second-order valence-corrected chi connectivity index (χ2v) is 4.44. The molecule has 0 amide bonds. The van der Waals surface area contributed by atoms with Crippen LogP contribution in [-0.4, -0.2) is 16.5 Å². The maximum absolute atomic E-state index is 4.49. The third kappa shape index (κ3) is 3.24. The molecule has 0 aromatic carbocycles. The average Bonchev–Trinajstić information content (AvgIpc) is 2.85.